The molecule has 8 heteroatoms. The van der Waals surface area contributed by atoms with Crippen molar-refractivity contribution in [2.75, 3.05) is 38.1 Å². The van der Waals surface area contributed by atoms with Crippen LogP contribution in [0.3, 0.4) is 0 Å². The Morgan fingerprint density at radius 3 is 2.75 bits per heavy atom. The molecule has 7 nitrogen and oxygen atoms in total. The van der Waals surface area contributed by atoms with Gasteiger partial charge in [-0.2, -0.15) is 5.10 Å². The first-order valence-electron chi connectivity index (χ1n) is 9.29. The van der Waals surface area contributed by atoms with E-state index < -0.39 is 0 Å². The van der Waals surface area contributed by atoms with Gasteiger partial charge in [0.25, 0.3) is 0 Å². The number of benzene rings is 1. The van der Waals surface area contributed by atoms with Crippen LogP contribution in [0.15, 0.2) is 41.7 Å². The number of nitrogens with one attached hydrogen (secondary N) is 1. The molecule has 2 heterocycles. The van der Waals surface area contributed by atoms with E-state index in [4.69, 9.17) is 0 Å². The molecule has 1 aromatic heterocycles. The van der Waals surface area contributed by atoms with E-state index in [1.54, 1.807) is 22.8 Å². The number of hydrogen-bond donors (Lipinski definition) is 1. The summed E-state index contributed by atoms with van der Waals surface area (Å²) < 4.78 is 1.71. The van der Waals surface area contributed by atoms with E-state index in [1.807, 2.05) is 18.1 Å². The van der Waals surface area contributed by atoms with Gasteiger partial charge in [0.1, 0.15) is 6.54 Å². The monoisotopic (exact) mass is 496 g/mol. The van der Waals surface area contributed by atoms with Crippen LogP contribution in [0.2, 0.25) is 0 Å². The van der Waals surface area contributed by atoms with Crippen molar-refractivity contribution >= 4 is 41.5 Å². The summed E-state index contributed by atoms with van der Waals surface area (Å²) in [5.41, 5.74) is 3.41. The Morgan fingerprint density at radius 1 is 1.36 bits per heavy atom. The van der Waals surface area contributed by atoms with Crippen molar-refractivity contribution in [3.8, 4) is 0 Å². The van der Waals surface area contributed by atoms with Crippen LogP contribution in [0.5, 0.6) is 0 Å². The average Bonchev–Trinajstić information content (AvgIpc) is 3.08. The van der Waals surface area contributed by atoms with Crippen LogP contribution in [0.25, 0.3) is 0 Å². The highest BCUT2D eigenvalue weighted by molar-refractivity contribution is 14.0. The van der Waals surface area contributed by atoms with Crippen LogP contribution in [-0.4, -0.2) is 59.8 Å². The van der Waals surface area contributed by atoms with Gasteiger partial charge in [0.05, 0.1) is 11.9 Å². The lowest BCUT2D eigenvalue weighted by Crippen LogP contribution is -2.55. The normalized spacial score (nSPS) is 16.0. The maximum atomic E-state index is 12.6. The highest BCUT2D eigenvalue weighted by Gasteiger charge is 2.27. The molecule has 1 aromatic carbocycles. The zero-order valence-corrected chi connectivity index (χ0v) is 19.3. The molecule has 1 aliphatic rings. The Morgan fingerprint density at radius 2 is 2.14 bits per heavy atom. The van der Waals surface area contributed by atoms with Crippen LogP contribution >= 0.6 is 24.0 Å². The van der Waals surface area contributed by atoms with Gasteiger partial charge in [-0.15, -0.1) is 24.0 Å². The topological polar surface area (TPSA) is 65.8 Å². The van der Waals surface area contributed by atoms with Crippen molar-refractivity contribution in [2.24, 2.45) is 12.0 Å². The van der Waals surface area contributed by atoms with Crippen molar-refractivity contribution in [1.29, 1.82) is 0 Å². The summed E-state index contributed by atoms with van der Waals surface area (Å²) in [6, 6.07) is 8.56. The Kier molecular flexibility index (Phi) is 7.85. The number of piperazine rings is 1. The van der Waals surface area contributed by atoms with Crippen LogP contribution in [0.4, 0.5) is 5.69 Å². The largest absolute Gasteiger partial charge is 0.356 e. The van der Waals surface area contributed by atoms with Crippen LogP contribution in [-0.2, 0) is 11.8 Å². The number of hydrogen-bond acceptors (Lipinski definition) is 3. The third-order valence-corrected chi connectivity index (χ3v) is 4.91. The quantitative estimate of drug-likeness (QED) is 0.401. The second-order valence-corrected chi connectivity index (χ2v) is 7.08. The lowest BCUT2D eigenvalue weighted by Gasteiger charge is -2.35. The minimum absolute atomic E-state index is 0. The molecule has 0 saturated carbocycles. The minimum atomic E-state index is 0. The zero-order chi connectivity index (χ0) is 19.4. The van der Waals surface area contributed by atoms with Gasteiger partial charge in [0.2, 0.25) is 5.91 Å². The second-order valence-electron chi connectivity index (χ2n) is 7.08. The van der Waals surface area contributed by atoms with E-state index >= 15 is 0 Å². The molecular weight excluding hydrogens is 467 g/mol. The molecule has 152 valence electrons. The summed E-state index contributed by atoms with van der Waals surface area (Å²) in [4.78, 5) is 20.8. The summed E-state index contributed by atoms with van der Waals surface area (Å²) in [6.45, 7) is 6.74. The van der Waals surface area contributed by atoms with Gasteiger partial charge < -0.3 is 15.1 Å². The van der Waals surface area contributed by atoms with Crippen LogP contribution < -0.4 is 10.2 Å². The maximum Gasteiger partial charge on any atom is 0.246 e. The number of anilines is 1. The molecule has 0 radical (unpaired) electrons. The van der Waals surface area contributed by atoms with E-state index in [2.05, 4.69) is 53.5 Å². The minimum Gasteiger partial charge on any atom is -0.356 e. The summed E-state index contributed by atoms with van der Waals surface area (Å²) in [5.74, 6) is 1.19. The third kappa shape index (κ3) is 5.24. The molecule has 1 amide bonds. The summed E-state index contributed by atoms with van der Waals surface area (Å²) in [6.07, 6.45) is 3.59. The second kappa shape index (κ2) is 9.90. The zero-order valence-electron chi connectivity index (χ0n) is 16.9. The van der Waals surface area contributed by atoms with E-state index in [0.29, 0.717) is 19.0 Å². The molecule has 3 rings (SSSR count). The van der Waals surface area contributed by atoms with Crippen molar-refractivity contribution in [3.63, 3.8) is 0 Å². The first kappa shape index (κ1) is 22.2. The Hall–Kier alpha value is -2.10. The number of carbonyl (C=O) groups is 1. The fourth-order valence-corrected chi connectivity index (χ4v) is 3.35. The van der Waals surface area contributed by atoms with Gasteiger partial charge in [-0.25, -0.2) is 0 Å². The van der Waals surface area contributed by atoms with Gasteiger partial charge in [-0.05, 0) is 18.4 Å². The fraction of sp³-hybridized carbons (Fsp3) is 0.450. The van der Waals surface area contributed by atoms with Gasteiger partial charge in [-0.1, -0.05) is 36.8 Å². The van der Waals surface area contributed by atoms with Crippen molar-refractivity contribution in [3.05, 3.63) is 47.8 Å². The summed E-state index contributed by atoms with van der Waals surface area (Å²) in [7, 11) is 3.61. The van der Waals surface area contributed by atoms with Gasteiger partial charge in [0, 0.05) is 39.9 Å². The first-order valence-corrected chi connectivity index (χ1v) is 9.29. The Balaban J connectivity index is 0.00000280. The van der Waals surface area contributed by atoms with Crippen molar-refractivity contribution in [2.45, 2.75) is 19.8 Å². The van der Waals surface area contributed by atoms with Crippen molar-refractivity contribution < 1.29 is 4.79 Å². The number of nitrogens with zero attached hydrogens (tertiary/aromatic N) is 5. The van der Waals surface area contributed by atoms with Crippen molar-refractivity contribution in [1.82, 2.24) is 20.0 Å². The van der Waals surface area contributed by atoms with Gasteiger partial charge in [0.15, 0.2) is 5.96 Å². The standard InChI is InChI=1S/C20H28N6O.HI/c1-15-6-5-7-17(10-15)16(2)11-22-20(21-3)25-8-9-26(19(27)14-25)18-12-23-24(4)13-18;/h5-7,10,12-13,16H,8-9,11,14H2,1-4H3,(H,21,22);1H. The van der Waals surface area contributed by atoms with E-state index in [0.717, 1.165) is 24.7 Å². The molecule has 0 bridgehead atoms. The van der Waals surface area contributed by atoms with E-state index in [9.17, 15) is 4.79 Å². The predicted molar refractivity (Wildman–Crippen MR) is 124 cm³/mol. The number of aliphatic imine (C=N–C) groups is 1. The smallest absolute Gasteiger partial charge is 0.246 e. The molecule has 1 saturated heterocycles. The van der Waals surface area contributed by atoms with E-state index in [-0.39, 0.29) is 29.9 Å². The molecule has 1 aliphatic heterocycles. The predicted octanol–water partition coefficient (Wildman–Crippen LogP) is 2.37. The summed E-state index contributed by atoms with van der Waals surface area (Å²) in [5, 5.41) is 7.58. The SMILES string of the molecule is CN=C(NCC(C)c1cccc(C)c1)N1CCN(c2cnn(C)c2)C(=O)C1.I. The Labute approximate surface area is 183 Å². The molecule has 1 fully saturated rings. The fourth-order valence-electron chi connectivity index (χ4n) is 3.35. The third-order valence-electron chi connectivity index (χ3n) is 4.91. The Bertz CT molecular complexity index is 834. The summed E-state index contributed by atoms with van der Waals surface area (Å²) >= 11 is 0. The molecule has 2 aromatic rings. The lowest BCUT2D eigenvalue weighted by atomic mass is 9.99. The number of amides is 1. The number of aromatic nitrogens is 2. The van der Waals surface area contributed by atoms with Crippen LogP contribution in [0, 0.1) is 6.92 Å². The molecular formula is C20H29IN6O. The molecule has 0 aliphatic carbocycles. The first-order chi connectivity index (χ1) is 13.0. The number of guanidine groups is 1. The van der Waals surface area contributed by atoms with Crippen LogP contribution in [0.1, 0.15) is 24.0 Å². The number of aryl methyl sites for hydroxylation is 2. The maximum absolute atomic E-state index is 12.6. The molecule has 1 N–H and O–H groups in total. The van der Waals surface area contributed by atoms with Gasteiger partial charge in [-0.3, -0.25) is 14.5 Å². The number of rotatable bonds is 4. The number of carbonyl (C=O) groups excluding carboxylic acids is 1. The van der Waals surface area contributed by atoms with E-state index in [1.165, 1.54) is 11.1 Å². The number of halogens is 1. The molecule has 1 atom stereocenters. The average molecular weight is 496 g/mol. The highest BCUT2D eigenvalue weighted by Crippen LogP contribution is 2.17. The lowest BCUT2D eigenvalue weighted by molar-refractivity contribution is -0.120. The molecule has 0 spiro atoms. The van der Waals surface area contributed by atoms with Gasteiger partial charge >= 0.3 is 0 Å². The molecule has 28 heavy (non-hydrogen) atoms. The highest BCUT2D eigenvalue weighted by atomic mass is 127. The molecule has 1 unspecified atom stereocenters.